The van der Waals surface area contributed by atoms with Crippen LogP contribution in [-0.2, 0) is 5.41 Å². The molecule has 2 heterocycles. The number of ether oxygens (including phenoxy) is 2. The normalized spacial score (nSPS) is 13.1. The second-order valence-electron chi connectivity index (χ2n) is 18.4. The molecule has 11 aromatic rings. The predicted octanol–water partition coefficient (Wildman–Crippen LogP) is 18.2. The van der Waals surface area contributed by atoms with Gasteiger partial charge in [0, 0.05) is 17.1 Å². The number of benzene rings is 11. The molecule has 1 aliphatic carbocycles. The largest absolute Gasteiger partial charge is 0.453 e. The quantitative estimate of drug-likeness (QED) is 0.152. The van der Waals surface area contributed by atoms with Gasteiger partial charge in [0.2, 0.25) is 0 Å². The molecule has 0 atom stereocenters. The van der Waals surface area contributed by atoms with Gasteiger partial charge in [-0.15, -0.1) is 0 Å². The van der Waals surface area contributed by atoms with E-state index in [2.05, 4.69) is 252 Å². The van der Waals surface area contributed by atoms with Crippen molar-refractivity contribution >= 4 is 34.1 Å². The number of rotatable bonds is 8. The van der Waals surface area contributed by atoms with Crippen molar-refractivity contribution in [3.63, 3.8) is 0 Å². The molecule has 4 heteroatoms. The van der Waals surface area contributed by atoms with E-state index < -0.39 is 5.41 Å². The van der Waals surface area contributed by atoms with Crippen LogP contribution >= 0.6 is 0 Å². The van der Waals surface area contributed by atoms with E-state index in [1.807, 2.05) is 24.3 Å². The van der Waals surface area contributed by atoms with Crippen molar-refractivity contribution in [3.8, 4) is 67.5 Å². The molecule has 0 radical (unpaired) electrons. The zero-order valence-corrected chi connectivity index (χ0v) is 38.6. The molecule has 4 nitrogen and oxygen atoms in total. The molecule has 0 aromatic heterocycles. The first-order valence-electron chi connectivity index (χ1n) is 24.2. The van der Waals surface area contributed by atoms with Crippen LogP contribution in [-0.4, -0.2) is 0 Å². The molecule has 0 unspecified atom stereocenters. The SMILES string of the molecule is c1ccc(-c2cccc(-c3ccc(N(c4cccc(-c5cc6c7c(c5)Oc5ccccc5N7c5ccccc5O6)c4)c4ccc5c(c4)C(c4ccccc4)(c4ccccc4)c4ccccc4-5)cc3)c2)cc1. The molecular weight excluding hydrogens is 865 g/mol. The number of hydrogen-bond acceptors (Lipinski definition) is 4. The van der Waals surface area contributed by atoms with Gasteiger partial charge < -0.3 is 14.4 Å². The Bertz CT molecular complexity index is 3720. The smallest absolute Gasteiger partial charge is 0.156 e. The first kappa shape index (κ1) is 40.7. The van der Waals surface area contributed by atoms with Crippen molar-refractivity contribution < 1.29 is 9.47 Å². The molecular formula is C67H44N2O2. The van der Waals surface area contributed by atoms with Crippen molar-refractivity contribution in [1.82, 2.24) is 0 Å². The van der Waals surface area contributed by atoms with E-state index in [9.17, 15) is 0 Å². The average molecular weight is 909 g/mol. The highest BCUT2D eigenvalue weighted by molar-refractivity contribution is 5.96. The standard InChI is InChI=1S/C67H44N2O2/c1-4-18-45(19-5-1)47-20-16-21-48(40-47)46-34-36-53(37-35-46)68(55-38-39-57-56-28-10-11-29-58(56)67(59(57)44-55,51-23-6-2-7-24-51)52-25-8-3-9-26-52)54-27-17-22-49(41-54)50-42-64-66-65(43-50)71-63-33-15-13-31-61(63)69(66)60-30-12-14-32-62(60)70-64/h1-44H. The monoisotopic (exact) mass is 908 g/mol. The summed E-state index contributed by atoms with van der Waals surface area (Å²) in [6, 6.07) is 96.0. The van der Waals surface area contributed by atoms with Crippen LogP contribution in [0.4, 0.5) is 34.1 Å². The summed E-state index contributed by atoms with van der Waals surface area (Å²) in [5, 5.41) is 0. The number of anilines is 6. The zero-order chi connectivity index (χ0) is 46.9. The topological polar surface area (TPSA) is 24.9 Å². The highest BCUT2D eigenvalue weighted by atomic mass is 16.5. The fourth-order valence-corrected chi connectivity index (χ4v) is 11.3. The summed E-state index contributed by atoms with van der Waals surface area (Å²) < 4.78 is 13.5. The summed E-state index contributed by atoms with van der Waals surface area (Å²) in [4.78, 5) is 4.67. The number of para-hydroxylation sites is 4. The van der Waals surface area contributed by atoms with Gasteiger partial charge >= 0.3 is 0 Å². The van der Waals surface area contributed by atoms with Gasteiger partial charge in [0.25, 0.3) is 0 Å². The molecule has 3 aliphatic rings. The Morgan fingerprint density at radius 2 is 0.775 bits per heavy atom. The summed E-state index contributed by atoms with van der Waals surface area (Å²) in [5.41, 5.74) is 19.7. The van der Waals surface area contributed by atoms with E-state index in [4.69, 9.17) is 9.47 Å². The Balaban J connectivity index is 0.940. The maximum Gasteiger partial charge on any atom is 0.156 e. The molecule has 11 aromatic carbocycles. The third-order valence-corrected chi connectivity index (χ3v) is 14.5. The Morgan fingerprint density at radius 1 is 0.296 bits per heavy atom. The molecule has 0 saturated heterocycles. The molecule has 0 saturated carbocycles. The van der Waals surface area contributed by atoms with E-state index in [1.54, 1.807) is 0 Å². The van der Waals surface area contributed by atoms with E-state index in [0.717, 1.165) is 73.8 Å². The molecule has 2 aliphatic heterocycles. The van der Waals surface area contributed by atoms with E-state index >= 15 is 0 Å². The minimum absolute atomic E-state index is 0.554. The highest BCUT2D eigenvalue weighted by Crippen LogP contribution is 2.61. The van der Waals surface area contributed by atoms with Crippen LogP contribution in [0.5, 0.6) is 23.0 Å². The lowest BCUT2D eigenvalue weighted by Gasteiger charge is -2.38. The molecule has 0 amide bonds. The molecule has 71 heavy (non-hydrogen) atoms. The van der Waals surface area contributed by atoms with Gasteiger partial charge in [-0.2, -0.15) is 0 Å². The van der Waals surface area contributed by atoms with Crippen LogP contribution in [0.1, 0.15) is 22.3 Å². The lowest BCUT2D eigenvalue weighted by molar-refractivity contribution is 0.446. The number of hydrogen-bond donors (Lipinski definition) is 0. The summed E-state index contributed by atoms with van der Waals surface area (Å²) in [5.74, 6) is 3.10. The maximum absolute atomic E-state index is 6.73. The van der Waals surface area contributed by atoms with Crippen LogP contribution in [0.25, 0.3) is 44.5 Å². The summed E-state index contributed by atoms with van der Waals surface area (Å²) >= 11 is 0. The van der Waals surface area contributed by atoms with Crippen LogP contribution in [0.2, 0.25) is 0 Å². The molecule has 0 spiro atoms. The third-order valence-electron chi connectivity index (χ3n) is 14.5. The minimum Gasteiger partial charge on any atom is -0.453 e. The summed E-state index contributed by atoms with van der Waals surface area (Å²) in [6.45, 7) is 0. The van der Waals surface area contributed by atoms with Crippen molar-refractivity contribution in [1.29, 1.82) is 0 Å². The first-order valence-corrected chi connectivity index (χ1v) is 24.2. The average Bonchev–Trinajstić information content (AvgIpc) is 3.74. The highest BCUT2D eigenvalue weighted by Gasteiger charge is 2.46. The van der Waals surface area contributed by atoms with Crippen LogP contribution in [0.3, 0.4) is 0 Å². The van der Waals surface area contributed by atoms with Crippen LogP contribution in [0.15, 0.2) is 267 Å². The number of nitrogens with zero attached hydrogens (tertiary/aromatic N) is 2. The molecule has 0 bridgehead atoms. The predicted molar refractivity (Wildman–Crippen MR) is 290 cm³/mol. The molecule has 334 valence electrons. The fraction of sp³-hybridized carbons (Fsp3) is 0.0149. The zero-order valence-electron chi connectivity index (χ0n) is 38.6. The molecule has 0 fully saturated rings. The molecule has 14 rings (SSSR count). The summed E-state index contributed by atoms with van der Waals surface area (Å²) in [7, 11) is 0. The second kappa shape index (κ2) is 16.4. The van der Waals surface area contributed by atoms with Gasteiger partial charge in [0.15, 0.2) is 23.0 Å². The lowest BCUT2D eigenvalue weighted by Crippen LogP contribution is -2.28. The van der Waals surface area contributed by atoms with Crippen molar-refractivity contribution in [2.45, 2.75) is 5.41 Å². The van der Waals surface area contributed by atoms with E-state index in [0.29, 0.717) is 0 Å². The van der Waals surface area contributed by atoms with Crippen LogP contribution in [0, 0.1) is 0 Å². The van der Waals surface area contributed by atoms with Gasteiger partial charge in [0.05, 0.1) is 16.8 Å². The minimum atomic E-state index is -0.554. The van der Waals surface area contributed by atoms with Gasteiger partial charge in [-0.05, 0) is 146 Å². The van der Waals surface area contributed by atoms with Gasteiger partial charge in [-0.3, -0.25) is 4.90 Å². The van der Waals surface area contributed by atoms with Gasteiger partial charge in [-0.1, -0.05) is 188 Å². The van der Waals surface area contributed by atoms with Crippen molar-refractivity contribution in [3.05, 3.63) is 289 Å². The fourth-order valence-electron chi connectivity index (χ4n) is 11.3. The Hall–Kier alpha value is -9.38. The maximum atomic E-state index is 6.73. The van der Waals surface area contributed by atoms with E-state index in [1.165, 1.54) is 50.1 Å². The van der Waals surface area contributed by atoms with E-state index in [-0.39, 0.29) is 0 Å². The third kappa shape index (κ3) is 6.53. The first-order chi connectivity index (χ1) is 35.2. The van der Waals surface area contributed by atoms with Crippen molar-refractivity contribution in [2.75, 3.05) is 9.80 Å². The van der Waals surface area contributed by atoms with Crippen molar-refractivity contribution in [2.24, 2.45) is 0 Å². The van der Waals surface area contributed by atoms with Gasteiger partial charge in [0.1, 0.15) is 5.69 Å². The Morgan fingerprint density at radius 3 is 1.42 bits per heavy atom. The summed E-state index contributed by atoms with van der Waals surface area (Å²) in [6.07, 6.45) is 0. The second-order valence-corrected chi connectivity index (χ2v) is 18.4. The Kier molecular flexibility index (Phi) is 9.39. The Labute approximate surface area is 413 Å². The van der Waals surface area contributed by atoms with Crippen LogP contribution < -0.4 is 19.3 Å². The lowest BCUT2D eigenvalue weighted by atomic mass is 9.67. The van der Waals surface area contributed by atoms with Gasteiger partial charge in [-0.25, -0.2) is 0 Å². The molecule has 0 N–H and O–H groups in total. The number of fused-ring (bicyclic) bond motifs is 7.